The zero-order valence-corrected chi connectivity index (χ0v) is 25.1. The first-order valence-electron chi connectivity index (χ1n) is 14.7. The maximum absolute atomic E-state index is 14.5. The quantitative estimate of drug-likeness (QED) is 0.285. The molecule has 0 bridgehead atoms. The molecule has 1 aliphatic carbocycles. The molecule has 5 rings (SSSR count). The van der Waals surface area contributed by atoms with Gasteiger partial charge in [0.15, 0.2) is 6.19 Å². The summed E-state index contributed by atoms with van der Waals surface area (Å²) in [4.78, 5) is 33.7. The Balaban J connectivity index is 1.66. The fourth-order valence-corrected chi connectivity index (χ4v) is 6.61. The van der Waals surface area contributed by atoms with Crippen molar-refractivity contribution in [2.75, 3.05) is 23.3 Å². The number of rotatable bonds is 6. The van der Waals surface area contributed by atoms with E-state index < -0.39 is 101 Å². The van der Waals surface area contributed by atoms with E-state index in [0.717, 1.165) is 35.5 Å². The number of nitrogens with one attached hydrogen (secondary N) is 2. The van der Waals surface area contributed by atoms with Gasteiger partial charge in [-0.3, -0.25) is 24.4 Å². The normalized spacial score (nSPS) is 24.3. The molecule has 2 aromatic rings. The monoisotopic (exact) mass is 692 g/mol. The zero-order chi connectivity index (χ0) is 35.4. The molecule has 0 radical (unpaired) electrons. The summed E-state index contributed by atoms with van der Waals surface area (Å²) in [6.45, 7) is -0.639. The Bertz CT molecular complexity index is 1600. The van der Waals surface area contributed by atoms with Crippen molar-refractivity contribution < 1.29 is 54.2 Å². The van der Waals surface area contributed by atoms with Crippen molar-refractivity contribution in [3.05, 3.63) is 53.6 Å². The summed E-state index contributed by atoms with van der Waals surface area (Å²) in [5.41, 5.74) is -8.49. The summed E-state index contributed by atoms with van der Waals surface area (Å²) in [5, 5.41) is 25.1. The van der Waals surface area contributed by atoms with Crippen molar-refractivity contribution in [3.63, 3.8) is 0 Å². The van der Waals surface area contributed by atoms with Gasteiger partial charge in [0.1, 0.15) is 17.9 Å². The van der Waals surface area contributed by atoms with Gasteiger partial charge in [-0.15, -0.1) is 0 Å². The maximum atomic E-state index is 14.5. The maximum Gasteiger partial charge on any atom is 0.409 e. The van der Waals surface area contributed by atoms with Crippen LogP contribution in [0.2, 0.25) is 0 Å². The zero-order valence-electron chi connectivity index (χ0n) is 25.1. The molecule has 3 heterocycles. The van der Waals surface area contributed by atoms with E-state index in [-0.39, 0.29) is 31.4 Å². The molecule has 18 heteroatoms. The van der Waals surface area contributed by atoms with Gasteiger partial charge < -0.3 is 15.7 Å². The number of fused-ring (bicyclic) bond motifs is 1. The second-order valence-corrected chi connectivity index (χ2v) is 12.6. The molecule has 1 unspecified atom stereocenters. The Hall–Kier alpha value is -4.27. The van der Waals surface area contributed by atoms with Gasteiger partial charge >= 0.3 is 12.4 Å². The number of β-amino-alcohol motifs (C(OH)–C–C–N with tert-alkyl or cyclic N) is 1. The average Bonchev–Trinajstić information content (AvgIpc) is 3.53. The number of alkyl halides is 8. The van der Waals surface area contributed by atoms with Crippen LogP contribution in [0.15, 0.2) is 36.7 Å². The van der Waals surface area contributed by atoms with E-state index in [4.69, 9.17) is 0 Å². The van der Waals surface area contributed by atoms with Crippen molar-refractivity contribution in [2.24, 2.45) is 0 Å². The van der Waals surface area contributed by atoms with Gasteiger partial charge in [-0.25, -0.2) is 13.2 Å². The van der Waals surface area contributed by atoms with Crippen LogP contribution in [0.3, 0.4) is 0 Å². The molecule has 2 amide bonds. The molecular weight excluding hydrogens is 663 g/mol. The Morgan fingerprint density at radius 1 is 1.12 bits per heavy atom. The third kappa shape index (κ3) is 6.31. The number of amides is 2. The highest BCUT2D eigenvalue weighted by Gasteiger charge is 2.73. The molecule has 3 atom stereocenters. The molecule has 9 nitrogen and oxygen atoms in total. The van der Waals surface area contributed by atoms with E-state index in [1.54, 1.807) is 6.19 Å². The molecule has 0 spiro atoms. The van der Waals surface area contributed by atoms with E-state index in [0.29, 0.717) is 11.0 Å². The van der Waals surface area contributed by atoms with Crippen LogP contribution in [-0.4, -0.2) is 75.9 Å². The van der Waals surface area contributed by atoms with Crippen molar-refractivity contribution in [1.29, 1.82) is 5.26 Å². The van der Waals surface area contributed by atoms with Gasteiger partial charge in [0.05, 0.1) is 18.3 Å². The first kappa shape index (κ1) is 35.0. The van der Waals surface area contributed by atoms with Crippen molar-refractivity contribution >= 4 is 23.2 Å². The van der Waals surface area contributed by atoms with Crippen LogP contribution >= 0.6 is 0 Å². The number of pyridine rings is 1. The van der Waals surface area contributed by atoms with Crippen molar-refractivity contribution in [3.8, 4) is 6.19 Å². The Kier molecular flexibility index (Phi) is 8.77. The number of likely N-dealkylation sites (tertiary alicyclic amines) is 1. The summed E-state index contributed by atoms with van der Waals surface area (Å²) < 4.78 is 127. The molecule has 1 aromatic carbocycles. The van der Waals surface area contributed by atoms with Gasteiger partial charge in [0.25, 0.3) is 5.91 Å². The van der Waals surface area contributed by atoms with E-state index in [2.05, 4.69) is 15.6 Å². The minimum atomic E-state index is -5.80. The predicted octanol–water partition coefficient (Wildman–Crippen LogP) is 5.08. The topological polar surface area (TPSA) is 122 Å². The molecule has 1 saturated heterocycles. The Morgan fingerprint density at radius 2 is 1.77 bits per heavy atom. The van der Waals surface area contributed by atoms with Crippen LogP contribution in [0.5, 0.6) is 0 Å². The van der Waals surface area contributed by atoms with E-state index in [1.807, 2.05) is 0 Å². The van der Waals surface area contributed by atoms with E-state index in [9.17, 15) is 59.5 Å². The number of anilines is 2. The minimum Gasteiger partial charge on any atom is -0.388 e. The SMILES string of the molecule is C[C@@]1(O)C[C@H](C(=O)N(c2ccc3c(c2)NCC3(C(F)(F)F)C(F)(F)F)C(C(=O)NC2CCC(F)(F)CC2)c2cncc(F)c2)N(C#N)C1. The fourth-order valence-electron chi connectivity index (χ4n) is 6.61. The summed E-state index contributed by atoms with van der Waals surface area (Å²) >= 11 is 0. The summed E-state index contributed by atoms with van der Waals surface area (Å²) in [6.07, 6.45) is -9.93. The second-order valence-electron chi connectivity index (χ2n) is 12.6. The minimum absolute atomic E-state index is 0.172. The highest BCUT2D eigenvalue weighted by atomic mass is 19.4. The lowest BCUT2D eigenvalue weighted by Crippen LogP contribution is -2.55. The lowest BCUT2D eigenvalue weighted by atomic mass is 9.80. The number of halogens is 9. The molecule has 3 N–H and O–H groups in total. The molecule has 48 heavy (non-hydrogen) atoms. The van der Waals surface area contributed by atoms with Crippen LogP contribution in [0.4, 0.5) is 50.9 Å². The number of nitriles is 1. The largest absolute Gasteiger partial charge is 0.409 e. The van der Waals surface area contributed by atoms with Gasteiger partial charge in [0, 0.05) is 60.5 Å². The molecule has 260 valence electrons. The highest BCUT2D eigenvalue weighted by Crippen LogP contribution is 2.57. The lowest BCUT2D eigenvalue weighted by molar-refractivity contribution is -0.296. The Labute approximate surface area is 267 Å². The van der Waals surface area contributed by atoms with Crippen LogP contribution < -0.4 is 15.5 Å². The van der Waals surface area contributed by atoms with Gasteiger partial charge in [0.2, 0.25) is 17.2 Å². The standard InChI is InChI=1S/C30H29F9N6O3/c1-26(48)10-22(44(14-26)15-40)25(47)45(19-2-3-20-21(9-19)42-13-28(20,29(34,35)36)30(37,38)39)23(16-8-17(31)12-41-11-16)24(46)43-18-4-6-27(32,33)7-5-18/h2-3,8-9,11-12,18,22-23,42,48H,4-7,10,13-14H2,1H3,(H,43,46)/t22-,23?,26-/m1/s1. The van der Waals surface area contributed by atoms with Gasteiger partial charge in [-0.05, 0) is 38.0 Å². The number of carbonyl (C=O) groups excluding carboxylic acids is 2. The van der Waals surface area contributed by atoms with E-state index in [1.165, 1.54) is 6.92 Å². The second kappa shape index (κ2) is 12.0. The smallest absolute Gasteiger partial charge is 0.388 e. The third-order valence-electron chi connectivity index (χ3n) is 9.04. The summed E-state index contributed by atoms with van der Waals surface area (Å²) in [7, 11) is 0. The molecule has 1 aromatic heterocycles. The van der Waals surface area contributed by atoms with Crippen molar-refractivity contribution in [1.82, 2.24) is 15.2 Å². The number of benzene rings is 1. The van der Waals surface area contributed by atoms with Crippen molar-refractivity contribution in [2.45, 2.75) is 86.4 Å². The first-order chi connectivity index (χ1) is 22.2. The lowest BCUT2D eigenvalue weighted by Gasteiger charge is -2.36. The van der Waals surface area contributed by atoms with E-state index >= 15 is 0 Å². The number of hydrogen-bond acceptors (Lipinski definition) is 7. The van der Waals surface area contributed by atoms with Crippen LogP contribution in [0, 0.1) is 17.3 Å². The third-order valence-corrected chi connectivity index (χ3v) is 9.04. The average molecular weight is 693 g/mol. The predicted molar refractivity (Wildman–Crippen MR) is 150 cm³/mol. The number of aromatic nitrogens is 1. The van der Waals surface area contributed by atoms with Crippen LogP contribution in [0.25, 0.3) is 0 Å². The van der Waals surface area contributed by atoms with Gasteiger partial charge in [-0.1, -0.05) is 6.07 Å². The fraction of sp³-hybridized carbons (Fsp3) is 0.533. The molecular formula is C30H29F9N6O3. The number of carbonyl (C=O) groups is 2. The molecule has 3 aliphatic rings. The first-order valence-corrected chi connectivity index (χ1v) is 14.7. The van der Waals surface area contributed by atoms with Crippen LogP contribution in [0.1, 0.15) is 56.2 Å². The van der Waals surface area contributed by atoms with Gasteiger partial charge in [-0.2, -0.15) is 31.6 Å². The summed E-state index contributed by atoms with van der Waals surface area (Å²) in [6, 6.07) is -1.34. The number of hydrogen-bond donors (Lipinski definition) is 3. The number of aliphatic hydroxyl groups is 1. The molecule has 2 aliphatic heterocycles. The Morgan fingerprint density at radius 3 is 2.35 bits per heavy atom. The molecule has 2 fully saturated rings. The highest BCUT2D eigenvalue weighted by molar-refractivity contribution is 6.04. The molecule has 1 saturated carbocycles. The summed E-state index contributed by atoms with van der Waals surface area (Å²) in [5.74, 6) is -6.10. The number of nitrogens with zero attached hydrogens (tertiary/aromatic N) is 4. The van der Waals surface area contributed by atoms with Crippen LogP contribution in [-0.2, 0) is 15.0 Å².